The van der Waals surface area contributed by atoms with Gasteiger partial charge in [-0.3, -0.25) is 0 Å². The number of rotatable bonds is 12. The van der Waals surface area contributed by atoms with E-state index < -0.39 is 0 Å². The average molecular weight is 454 g/mol. The van der Waals surface area contributed by atoms with Gasteiger partial charge in [0.1, 0.15) is 11.5 Å². The highest BCUT2D eigenvalue weighted by molar-refractivity contribution is 6.21. The van der Waals surface area contributed by atoms with Crippen molar-refractivity contribution in [3.05, 3.63) is 46.5 Å². The van der Waals surface area contributed by atoms with Gasteiger partial charge in [-0.15, -0.1) is 0 Å². The van der Waals surface area contributed by atoms with Gasteiger partial charge in [-0.1, -0.05) is 67.5 Å². The lowest BCUT2D eigenvalue weighted by Crippen LogP contribution is -2.15. The molecule has 0 aliphatic carbocycles. The Labute approximate surface area is 202 Å². The van der Waals surface area contributed by atoms with Gasteiger partial charge in [0.2, 0.25) is 0 Å². The van der Waals surface area contributed by atoms with Crippen LogP contribution in [0.5, 0.6) is 23.0 Å². The van der Waals surface area contributed by atoms with Gasteiger partial charge in [0.05, 0.1) is 13.2 Å². The fraction of sp³-hybridized carbons (Fsp3) is 0.571. The van der Waals surface area contributed by atoms with E-state index in [1.165, 1.54) is 11.1 Å². The van der Waals surface area contributed by atoms with Crippen LogP contribution in [0.2, 0.25) is 0 Å². The monoisotopic (exact) mass is 454 g/mol. The second-order valence-corrected chi connectivity index (χ2v) is 9.77. The summed E-state index contributed by atoms with van der Waals surface area (Å²) in [5.41, 5.74) is 4.79. The molecule has 0 aliphatic heterocycles. The highest BCUT2D eigenvalue weighted by Gasteiger charge is 2.20. The summed E-state index contributed by atoms with van der Waals surface area (Å²) < 4.78 is 24.5. The van der Waals surface area contributed by atoms with Gasteiger partial charge >= 0.3 is 7.69 Å². The van der Waals surface area contributed by atoms with Gasteiger partial charge in [0.15, 0.2) is 11.5 Å². The molecular weight excluding hydrogens is 411 g/mol. The predicted molar refractivity (Wildman–Crippen MR) is 140 cm³/mol. The Morgan fingerprint density at radius 3 is 1.21 bits per heavy atom. The van der Waals surface area contributed by atoms with Crippen molar-refractivity contribution in [2.24, 2.45) is 0 Å². The summed E-state index contributed by atoms with van der Waals surface area (Å²) in [5, 5.41) is 0. The molecule has 0 amide bonds. The van der Waals surface area contributed by atoms with Crippen molar-refractivity contribution in [3.63, 3.8) is 0 Å². The Morgan fingerprint density at radius 2 is 0.939 bits per heavy atom. The lowest BCUT2D eigenvalue weighted by atomic mass is 9.94. The van der Waals surface area contributed by atoms with E-state index in [1.54, 1.807) is 0 Å². The molecule has 0 heterocycles. The first kappa shape index (κ1) is 27.0. The van der Waals surface area contributed by atoms with Gasteiger partial charge in [-0.2, -0.15) is 0 Å². The van der Waals surface area contributed by atoms with Crippen LogP contribution in [-0.2, 0) is 0 Å². The van der Waals surface area contributed by atoms with Gasteiger partial charge in [0.25, 0.3) is 0 Å². The molecule has 0 fully saturated rings. The van der Waals surface area contributed by atoms with Crippen LogP contribution in [0.3, 0.4) is 0 Å². The first-order valence-electron chi connectivity index (χ1n) is 12.5. The van der Waals surface area contributed by atoms with E-state index in [4.69, 9.17) is 18.8 Å². The lowest BCUT2D eigenvalue weighted by molar-refractivity contribution is 0.312. The molecule has 2 aromatic rings. The molecule has 0 N–H and O–H groups in total. The van der Waals surface area contributed by atoms with Crippen LogP contribution in [0, 0.1) is 0 Å². The molecule has 0 saturated carbocycles. The zero-order chi connectivity index (χ0) is 24.7. The number of benzene rings is 2. The minimum Gasteiger partial charge on any atom is -0.526 e. The van der Waals surface area contributed by atoms with Crippen LogP contribution in [0.25, 0.3) is 0 Å². The molecule has 2 rings (SSSR count). The Bertz CT molecular complexity index is 830. The van der Waals surface area contributed by atoms with Crippen LogP contribution in [-0.4, -0.2) is 20.9 Å². The molecular formula is C28H43BO4. The van der Waals surface area contributed by atoms with E-state index in [1.807, 2.05) is 13.8 Å². The normalized spacial score (nSPS) is 11.5. The molecule has 0 unspecified atom stereocenters. The molecule has 0 saturated heterocycles. The van der Waals surface area contributed by atoms with Gasteiger partial charge in [-0.25, -0.2) is 0 Å². The molecule has 4 nitrogen and oxygen atoms in total. The molecule has 0 aliphatic rings. The smallest absolute Gasteiger partial charge is 0.526 e. The first-order chi connectivity index (χ1) is 15.6. The van der Waals surface area contributed by atoms with E-state index in [0.717, 1.165) is 34.1 Å². The highest BCUT2D eigenvalue weighted by Crippen LogP contribution is 2.41. The highest BCUT2D eigenvalue weighted by atomic mass is 16.6. The fourth-order valence-corrected chi connectivity index (χ4v) is 3.78. The molecule has 0 aromatic heterocycles. The third kappa shape index (κ3) is 6.85. The summed E-state index contributed by atoms with van der Waals surface area (Å²) in [6.07, 6.45) is 0. The van der Waals surface area contributed by atoms with E-state index in [2.05, 4.69) is 79.7 Å². The standard InChI is InChI=1S/C28H43BO4/c1-11-30-27-23(19(7)8)13-21(17(3)4)15-25(27)32-29-33-26-16-22(18(5)6)14-24(20(9)10)28(26)31-12-2/h13-20,29H,11-12H2,1-10H3. The van der Waals surface area contributed by atoms with E-state index in [-0.39, 0.29) is 7.69 Å². The Morgan fingerprint density at radius 1 is 0.576 bits per heavy atom. The van der Waals surface area contributed by atoms with Crippen molar-refractivity contribution in [1.29, 1.82) is 0 Å². The van der Waals surface area contributed by atoms with Crippen molar-refractivity contribution in [2.75, 3.05) is 13.2 Å². The Hall–Kier alpha value is -2.30. The van der Waals surface area contributed by atoms with Gasteiger partial charge in [0, 0.05) is 11.1 Å². The van der Waals surface area contributed by atoms with Crippen molar-refractivity contribution in [3.8, 4) is 23.0 Å². The Balaban J connectivity index is 2.41. The van der Waals surface area contributed by atoms with Crippen LogP contribution < -0.4 is 18.8 Å². The SMILES string of the molecule is CCOc1c(OBOc2cc(C(C)C)cc(C(C)C)c2OCC)cc(C(C)C)cc1C(C)C. The molecule has 0 spiro atoms. The molecule has 0 radical (unpaired) electrons. The number of ether oxygens (including phenoxy) is 2. The fourth-order valence-electron chi connectivity index (χ4n) is 3.78. The second kappa shape index (κ2) is 12.2. The van der Waals surface area contributed by atoms with E-state index >= 15 is 0 Å². The first-order valence-corrected chi connectivity index (χ1v) is 12.5. The average Bonchev–Trinajstić information content (AvgIpc) is 2.74. The van der Waals surface area contributed by atoms with Crippen molar-refractivity contribution in [2.45, 2.75) is 92.9 Å². The van der Waals surface area contributed by atoms with Gasteiger partial charge in [-0.05, 0) is 60.8 Å². The maximum Gasteiger partial charge on any atom is 0.576 e. The van der Waals surface area contributed by atoms with E-state index in [9.17, 15) is 0 Å². The minimum absolute atomic E-state index is 0.0817. The van der Waals surface area contributed by atoms with Crippen molar-refractivity contribution >= 4 is 7.69 Å². The third-order valence-electron chi connectivity index (χ3n) is 5.80. The topological polar surface area (TPSA) is 36.9 Å². The maximum absolute atomic E-state index is 6.21. The quantitative estimate of drug-likeness (QED) is 0.308. The summed E-state index contributed by atoms with van der Waals surface area (Å²) in [7, 11) is 0.0817. The second-order valence-electron chi connectivity index (χ2n) is 9.77. The van der Waals surface area contributed by atoms with Crippen LogP contribution in [0.15, 0.2) is 24.3 Å². The molecule has 2 aromatic carbocycles. The van der Waals surface area contributed by atoms with Crippen molar-refractivity contribution < 1.29 is 18.8 Å². The summed E-state index contributed by atoms with van der Waals surface area (Å²) in [6.45, 7) is 22.7. The van der Waals surface area contributed by atoms with Crippen LogP contribution in [0.1, 0.15) is 115 Å². The molecule has 182 valence electrons. The summed E-state index contributed by atoms with van der Waals surface area (Å²) in [6, 6.07) is 8.64. The molecule has 0 bridgehead atoms. The summed E-state index contributed by atoms with van der Waals surface area (Å²) >= 11 is 0. The lowest BCUT2D eigenvalue weighted by Gasteiger charge is -2.22. The predicted octanol–water partition coefficient (Wildman–Crippen LogP) is 7.70. The zero-order valence-corrected chi connectivity index (χ0v) is 22.4. The third-order valence-corrected chi connectivity index (χ3v) is 5.80. The largest absolute Gasteiger partial charge is 0.576 e. The maximum atomic E-state index is 6.21. The van der Waals surface area contributed by atoms with E-state index in [0.29, 0.717) is 36.9 Å². The summed E-state index contributed by atoms with van der Waals surface area (Å²) in [4.78, 5) is 0. The zero-order valence-electron chi connectivity index (χ0n) is 22.4. The molecule has 0 atom stereocenters. The van der Waals surface area contributed by atoms with Crippen molar-refractivity contribution in [1.82, 2.24) is 0 Å². The van der Waals surface area contributed by atoms with Crippen LogP contribution in [0.4, 0.5) is 0 Å². The number of hydrogen-bond acceptors (Lipinski definition) is 4. The van der Waals surface area contributed by atoms with Crippen LogP contribution >= 0.6 is 0 Å². The molecule has 33 heavy (non-hydrogen) atoms. The van der Waals surface area contributed by atoms with Gasteiger partial charge < -0.3 is 18.8 Å². The minimum atomic E-state index is 0.0817. The Kier molecular flexibility index (Phi) is 10.0. The molecule has 5 heteroatoms. The number of hydrogen-bond donors (Lipinski definition) is 0. The summed E-state index contributed by atoms with van der Waals surface area (Å²) in [5.74, 6) is 4.52.